The van der Waals surface area contributed by atoms with Crippen molar-refractivity contribution in [3.63, 3.8) is 0 Å². The molecule has 1 fully saturated rings. The fourth-order valence-corrected chi connectivity index (χ4v) is 2.83. The van der Waals surface area contributed by atoms with Crippen LogP contribution in [0.3, 0.4) is 0 Å². The van der Waals surface area contributed by atoms with Crippen LogP contribution in [0.5, 0.6) is 0 Å². The van der Waals surface area contributed by atoms with Crippen LogP contribution in [0.15, 0.2) is 0 Å². The summed E-state index contributed by atoms with van der Waals surface area (Å²) < 4.78 is 5.53. The molecular formula is C17H33NO2. The Morgan fingerprint density at radius 2 is 1.80 bits per heavy atom. The second kappa shape index (κ2) is 8.66. The van der Waals surface area contributed by atoms with Crippen molar-refractivity contribution in [1.29, 1.82) is 0 Å². The Labute approximate surface area is 125 Å². The second-order valence-electron chi connectivity index (χ2n) is 7.00. The van der Waals surface area contributed by atoms with Crippen LogP contribution in [0.1, 0.15) is 79.1 Å². The SMILES string of the molecule is CCCCCCCCN1CCC[C@@H]1C(=O)OC(C)(C)C. The van der Waals surface area contributed by atoms with Crippen LogP contribution in [0, 0.1) is 0 Å². The average molecular weight is 283 g/mol. The zero-order chi connectivity index (χ0) is 15.0. The van der Waals surface area contributed by atoms with Gasteiger partial charge in [-0.15, -0.1) is 0 Å². The summed E-state index contributed by atoms with van der Waals surface area (Å²) in [6.45, 7) is 10.2. The summed E-state index contributed by atoms with van der Waals surface area (Å²) in [6.07, 6.45) is 9.92. The highest BCUT2D eigenvalue weighted by Crippen LogP contribution is 2.21. The Kier molecular flexibility index (Phi) is 7.57. The number of rotatable bonds is 8. The van der Waals surface area contributed by atoms with Gasteiger partial charge >= 0.3 is 5.97 Å². The van der Waals surface area contributed by atoms with E-state index >= 15 is 0 Å². The standard InChI is InChI=1S/C17H33NO2/c1-5-6-7-8-9-10-13-18-14-11-12-15(18)16(19)20-17(2,3)4/h15H,5-14H2,1-4H3/t15-/m1/s1. The third kappa shape index (κ3) is 6.74. The Hall–Kier alpha value is -0.570. The predicted molar refractivity (Wildman–Crippen MR) is 83.8 cm³/mol. The second-order valence-corrected chi connectivity index (χ2v) is 7.00. The van der Waals surface area contributed by atoms with E-state index in [-0.39, 0.29) is 17.6 Å². The molecule has 1 aliphatic heterocycles. The van der Waals surface area contributed by atoms with Crippen molar-refractivity contribution in [3.05, 3.63) is 0 Å². The first-order valence-corrected chi connectivity index (χ1v) is 8.41. The van der Waals surface area contributed by atoms with Crippen LogP contribution in [0.4, 0.5) is 0 Å². The predicted octanol–water partition coefficient (Wildman–Crippen LogP) is 4.15. The quantitative estimate of drug-likeness (QED) is 0.495. The molecule has 3 nitrogen and oxygen atoms in total. The molecule has 0 spiro atoms. The first-order chi connectivity index (χ1) is 9.44. The molecule has 118 valence electrons. The summed E-state index contributed by atoms with van der Waals surface area (Å²) in [5.74, 6) is -0.0269. The van der Waals surface area contributed by atoms with Gasteiger partial charge in [-0.05, 0) is 53.1 Å². The van der Waals surface area contributed by atoms with E-state index in [1.807, 2.05) is 20.8 Å². The van der Waals surface area contributed by atoms with Crippen molar-refractivity contribution < 1.29 is 9.53 Å². The van der Waals surface area contributed by atoms with E-state index in [1.165, 1.54) is 38.5 Å². The summed E-state index contributed by atoms with van der Waals surface area (Å²) in [6, 6.07) is 0.00451. The maximum absolute atomic E-state index is 12.2. The number of carbonyl (C=O) groups is 1. The highest BCUT2D eigenvalue weighted by Gasteiger charge is 2.33. The normalized spacial score (nSPS) is 20.3. The number of esters is 1. The monoisotopic (exact) mass is 283 g/mol. The summed E-state index contributed by atoms with van der Waals surface area (Å²) in [4.78, 5) is 14.5. The molecule has 1 aliphatic rings. The van der Waals surface area contributed by atoms with Gasteiger partial charge in [-0.1, -0.05) is 39.0 Å². The van der Waals surface area contributed by atoms with E-state index in [4.69, 9.17) is 4.74 Å². The summed E-state index contributed by atoms with van der Waals surface area (Å²) in [7, 11) is 0. The molecule has 0 amide bonds. The molecule has 20 heavy (non-hydrogen) atoms. The van der Waals surface area contributed by atoms with Gasteiger partial charge in [-0.3, -0.25) is 9.69 Å². The Bertz CT molecular complexity index is 283. The topological polar surface area (TPSA) is 29.5 Å². The number of hydrogen-bond donors (Lipinski definition) is 0. The zero-order valence-corrected chi connectivity index (χ0v) is 13.9. The third-order valence-corrected chi connectivity index (χ3v) is 3.84. The van der Waals surface area contributed by atoms with Gasteiger partial charge in [0.15, 0.2) is 0 Å². The van der Waals surface area contributed by atoms with E-state index in [1.54, 1.807) is 0 Å². The van der Waals surface area contributed by atoms with Gasteiger partial charge in [0, 0.05) is 0 Å². The largest absolute Gasteiger partial charge is 0.459 e. The van der Waals surface area contributed by atoms with Crippen molar-refractivity contribution in [2.75, 3.05) is 13.1 Å². The molecule has 0 radical (unpaired) electrons. The molecule has 0 bridgehead atoms. The molecule has 0 aromatic heterocycles. The van der Waals surface area contributed by atoms with Crippen LogP contribution < -0.4 is 0 Å². The molecule has 1 rings (SSSR count). The molecule has 0 aromatic rings. The van der Waals surface area contributed by atoms with Gasteiger partial charge < -0.3 is 4.74 Å². The number of likely N-dealkylation sites (tertiary alicyclic amines) is 1. The maximum Gasteiger partial charge on any atom is 0.323 e. The van der Waals surface area contributed by atoms with Gasteiger partial charge in [-0.2, -0.15) is 0 Å². The first-order valence-electron chi connectivity index (χ1n) is 8.41. The minimum absolute atomic E-state index is 0.00451. The number of carbonyl (C=O) groups excluding carboxylic acids is 1. The van der Waals surface area contributed by atoms with Gasteiger partial charge in [-0.25, -0.2) is 0 Å². The van der Waals surface area contributed by atoms with Crippen LogP contribution in [-0.4, -0.2) is 35.6 Å². The van der Waals surface area contributed by atoms with E-state index in [0.717, 1.165) is 25.9 Å². The van der Waals surface area contributed by atoms with Gasteiger partial charge in [0.2, 0.25) is 0 Å². The summed E-state index contributed by atoms with van der Waals surface area (Å²) in [5, 5.41) is 0. The molecule has 0 aliphatic carbocycles. The molecule has 3 heteroatoms. The van der Waals surface area contributed by atoms with Gasteiger partial charge in [0.25, 0.3) is 0 Å². The maximum atomic E-state index is 12.2. The van der Waals surface area contributed by atoms with E-state index in [9.17, 15) is 4.79 Å². The molecular weight excluding hydrogens is 250 g/mol. The van der Waals surface area contributed by atoms with E-state index in [0.29, 0.717) is 0 Å². The molecule has 0 unspecified atom stereocenters. The molecule has 1 saturated heterocycles. The molecule has 0 N–H and O–H groups in total. The van der Waals surface area contributed by atoms with Crippen LogP contribution in [-0.2, 0) is 9.53 Å². The summed E-state index contributed by atoms with van der Waals surface area (Å²) in [5.41, 5.74) is -0.370. The van der Waals surface area contributed by atoms with Crippen molar-refractivity contribution in [2.45, 2.75) is 90.7 Å². The summed E-state index contributed by atoms with van der Waals surface area (Å²) >= 11 is 0. The molecule has 0 aromatic carbocycles. The van der Waals surface area contributed by atoms with Crippen LogP contribution >= 0.6 is 0 Å². The van der Waals surface area contributed by atoms with Gasteiger partial charge in [0.1, 0.15) is 11.6 Å². The molecule has 0 saturated carbocycles. The lowest BCUT2D eigenvalue weighted by molar-refractivity contribution is -0.160. The van der Waals surface area contributed by atoms with Gasteiger partial charge in [0.05, 0.1) is 0 Å². The lowest BCUT2D eigenvalue weighted by Crippen LogP contribution is -2.40. The lowest BCUT2D eigenvalue weighted by atomic mass is 10.1. The minimum Gasteiger partial charge on any atom is -0.459 e. The van der Waals surface area contributed by atoms with Crippen LogP contribution in [0.25, 0.3) is 0 Å². The number of hydrogen-bond acceptors (Lipinski definition) is 3. The zero-order valence-electron chi connectivity index (χ0n) is 13.9. The van der Waals surface area contributed by atoms with Crippen molar-refractivity contribution in [2.24, 2.45) is 0 Å². The lowest BCUT2D eigenvalue weighted by Gasteiger charge is -2.27. The third-order valence-electron chi connectivity index (χ3n) is 3.84. The smallest absolute Gasteiger partial charge is 0.323 e. The Balaban J connectivity index is 2.25. The number of unbranched alkanes of at least 4 members (excludes halogenated alkanes) is 5. The minimum atomic E-state index is -0.370. The van der Waals surface area contributed by atoms with E-state index in [2.05, 4.69) is 11.8 Å². The first kappa shape index (κ1) is 17.5. The van der Waals surface area contributed by atoms with E-state index < -0.39 is 0 Å². The van der Waals surface area contributed by atoms with Crippen molar-refractivity contribution >= 4 is 5.97 Å². The molecule has 1 atom stereocenters. The molecule has 1 heterocycles. The number of ether oxygens (including phenoxy) is 1. The Morgan fingerprint density at radius 1 is 1.15 bits per heavy atom. The Morgan fingerprint density at radius 3 is 2.45 bits per heavy atom. The highest BCUT2D eigenvalue weighted by molar-refractivity contribution is 5.76. The highest BCUT2D eigenvalue weighted by atomic mass is 16.6. The van der Waals surface area contributed by atoms with Crippen molar-refractivity contribution in [3.8, 4) is 0 Å². The average Bonchev–Trinajstić information content (AvgIpc) is 2.80. The van der Waals surface area contributed by atoms with Crippen molar-refractivity contribution in [1.82, 2.24) is 4.90 Å². The van der Waals surface area contributed by atoms with Crippen LogP contribution in [0.2, 0.25) is 0 Å². The number of nitrogens with zero attached hydrogens (tertiary/aromatic N) is 1. The fraction of sp³-hybridized carbons (Fsp3) is 0.941. The fourth-order valence-electron chi connectivity index (χ4n) is 2.83.